The third-order valence-corrected chi connectivity index (χ3v) is 8.92. The second kappa shape index (κ2) is 9.54. The lowest BCUT2D eigenvalue weighted by Gasteiger charge is -2.39. The predicted molar refractivity (Wildman–Crippen MR) is 131 cm³/mol. The van der Waals surface area contributed by atoms with Gasteiger partial charge in [0.15, 0.2) is 5.60 Å². The van der Waals surface area contributed by atoms with Crippen LogP contribution in [0.15, 0.2) is 30.3 Å². The topological polar surface area (TPSA) is 60.9 Å². The Bertz CT molecular complexity index is 1250. The molecule has 2 aliphatic rings. The first-order valence-electron chi connectivity index (χ1n) is 11.7. The first-order valence-corrected chi connectivity index (χ1v) is 14.0. The Balaban J connectivity index is 1.60. The fourth-order valence-electron chi connectivity index (χ4n) is 5.46. The molecule has 2 saturated heterocycles. The minimum atomic E-state index is -4.90. The van der Waals surface area contributed by atoms with E-state index >= 15 is 4.39 Å². The first kappa shape index (κ1) is 27.3. The number of hydrogen-bond donors (Lipinski definition) is 1. The summed E-state index contributed by atoms with van der Waals surface area (Å²) in [5, 5.41) is 9.87. The second-order valence-electron chi connectivity index (χ2n) is 9.90. The zero-order chi connectivity index (χ0) is 26.6. The second-order valence-corrected chi connectivity index (χ2v) is 12.2. The van der Waals surface area contributed by atoms with Crippen molar-refractivity contribution in [3.63, 3.8) is 0 Å². The largest absolute Gasteiger partial charge is 0.421 e. The summed E-state index contributed by atoms with van der Waals surface area (Å²) >= 11 is 6.30. The van der Waals surface area contributed by atoms with Crippen molar-refractivity contribution in [2.45, 2.75) is 63.5 Å². The van der Waals surface area contributed by atoms with E-state index in [0.717, 1.165) is 30.5 Å². The minimum absolute atomic E-state index is 0.0836. The van der Waals surface area contributed by atoms with Gasteiger partial charge in [-0.1, -0.05) is 36.7 Å². The molecule has 2 bridgehead atoms. The molecule has 2 aromatic carbocycles. The lowest BCUT2D eigenvalue weighted by molar-refractivity contribution is -0.258. The first-order chi connectivity index (χ1) is 16.6. The summed E-state index contributed by atoms with van der Waals surface area (Å²) in [5.41, 5.74) is -1.67. The van der Waals surface area contributed by atoms with E-state index in [9.17, 15) is 26.7 Å². The fraction of sp³-hybridized carbons (Fsp3) is 0.520. The lowest BCUT2D eigenvalue weighted by Crippen LogP contribution is -2.54. The Morgan fingerprint density at radius 1 is 1.11 bits per heavy atom. The molecule has 0 saturated carbocycles. The number of piperazine rings is 1. The number of sulfonamides is 1. The zero-order valence-electron chi connectivity index (χ0n) is 20.2. The highest BCUT2D eigenvalue weighted by atomic mass is 35.5. The molecule has 2 heterocycles. The van der Waals surface area contributed by atoms with Crippen LogP contribution < -0.4 is 0 Å². The van der Waals surface area contributed by atoms with Crippen molar-refractivity contribution in [2.75, 3.05) is 19.3 Å². The van der Waals surface area contributed by atoms with Crippen LogP contribution in [0.4, 0.5) is 17.6 Å². The highest BCUT2D eigenvalue weighted by molar-refractivity contribution is 7.88. The van der Waals surface area contributed by atoms with Crippen LogP contribution in [-0.2, 0) is 28.6 Å². The van der Waals surface area contributed by atoms with Gasteiger partial charge in [-0.25, -0.2) is 12.8 Å². The maximum Gasteiger partial charge on any atom is 0.421 e. The van der Waals surface area contributed by atoms with E-state index in [1.807, 2.05) is 13.0 Å². The molecular weight excluding hydrogens is 520 g/mol. The number of aryl methyl sites for hydroxylation is 1. The predicted octanol–water partition coefficient (Wildman–Crippen LogP) is 5.09. The normalized spacial score (nSPS) is 23.1. The van der Waals surface area contributed by atoms with E-state index in [1.165, 1.54) is 18.4 Å². The minimum Gasteiger partial charge on any atom is -0.376 e. The molecule has 198 valence electrons. The summed E-state index contributed by atoms with van der Waals surface area (Å²) in [6.45, 7) is 4.09. The number of rotatable bonds is 6. The number of hydrogen-bond acceptors (Lipinski definition) is 4. The monoisotopic (exact) mass is 548 g/mol. The van der Waals surface area contributed by atoms with Crippen LogP contribution in [0.2, 0.25) is 5.02 Å². The van der Waals surface area contributed by atoms with Gasteiger partial charge in [-0.2, -0.15) is 17.5 Å². The smallest absolute Gasteiger partial charge is 0.376 e. The van der Waals surface area contributed by atoms with Crippen molar-refractivity contribution >= 4 is 21.6 Å². The van der Waals surface area contributed by atoms with E-state index in [1.54, 1.807) is 4.31 Å². The molecular formula is C25H29ClF4N2O3S. The molecule has 11 heteroatoms. The van der Waals surface area contributed by atoms with Crippen LogP contribution in [0.3, 0.4) is 0 Å². The van der Waals surface area contributed by atoms with Crippen molar-refractivity contribution in [1.29, 1.82) is 0 Å². The summed E-state index contributed by atoms with van der Waals surface area (Å²) in [6.07, 6.45) is -1.59. The van der Waals surface area contributed by atoms with Gasteiger partial charge in [-0.3, -0.25) is 4.90 Å². The van der Waals surface area contributed by atoms with Crippen LogP contribution in [-0.4, -0.2) is 60.3 Å². The summed E-state index contributed by atoms with van der Waals surface area (Å²) in [5.74, 6) is -0.542. The Morgan fingerprint density at radius 2 is 1.72 bits per heavy atom. The Hall–Kier alpha value is -1.72. The summed E-state index contributed by atoms with van der Waals surface area (Å²) < 4.78 is 81.0. The standard InChI is InChI=1S/C25H29ClF4N2O3S/c1-4-16-9-15(12-31-13-18-6-7-19(14-31)32(18)36(3,34)35)10-22(27)23(16)20-8-5-17(11-21(20)26)24(2,33)25(28,29)30/h5,8-11,18-19,33H,4,6-7,12-14H2,1-3H3. The average molecular weight is 549 g/mol. The highest BCUT2D eigenvalue weighted by Crippen LogP contribution is 2.42. The number of likely N-dealkylation sites (tertiary alicyclic amines) is 1. The van der Waals surface area contributed by atoms with Gasteiger partial charge in [0.1, 0.15) is 5.82 Å². The van der Waals surface area contributed by atoms with Gasteiger partial charge in [0.05, 0.1) is 6.26 Å². The summed E-state index contributed by atoms with van der Waals surface area (Å²) in [6, 6.07) is 6.53. The van der Waals surface area contributed by atoms with Crippen molar-refractivity contribution in [3.05, 3.63) is 57.9 Å². The molecule has 36 heavy (non-hydrogen) atoms. The highest BCUT2D eigenvalue weighted by Gasteiger charge is 2.51. The van der Waals surface area contributed by atoms with Crippen LogP contribution in [0.25, 0.3) is 11.1 Å². The molecule has 1 N–H and O–H groups in total. The molecule has 3 atom stereocenters. The molecule has 0 aromatic heterocycles. The van der Waals surface area contributed by atoms with Gasteiger partial charge >= 0.3 is 6.18 Å². The number of aliphatic hydroxyl groups is 1. The number of halogens is 5. The quantitative estimate of drug-likeness (QED) is 0.511. The van der Waals surface area contributed by atoms with E-state index in [-0.39, 0.29) is 28.2 Å². The van der Waals surface area contributed by atoms with Crippen molar-refractivity contribution in [2.24, 2.45) is 0 Å². The third-order valence-electron chi connectivity index (χ3n) is 7.25. The van der Waals surface area contributed by atoms with Gasteiger partial charge in [0, 0.05) is 47.9 Å². The molecule has 0 spiro atoms. The van der Waals surface area contributed by atoms with E-state index in [4.69, 9.17) is 11.6 Å². The molecule has 2 fully saturated rings. The van der Waals surface area contributed by atoms with Gasteiger partial charge in [-0.15, -0.1) is 0 Å². The van der Waals surface area contributed by atoms with E-state index in [2.05, 4.69) is 4.90 Å². The van der Waals surface area contributed by atoms with E-state index in [0.29, 0.717) is 38.5 Å². The van der Waals surface area contributed by atoms with Crippen molar-refractivity contribution in [1.82, 2.24) is 9.21 Å². The maximum atomic E-state index is 15.4. The van der Waals surface area contributed by atoms with Crippen LogP contribution in [0.5, 0.6) is 0 Å². The number of alkyl halides is 3. The lowest BCUT2D eigenvalue weighted by atomic mass is 9.90. The number of fused-ring (bicyclic) bond motifs is 2. The van der Waals surface area contributed by atoms with Crippen LogP contribution in [0, 0.1) is 5.82 Å². The van der Waals surface area contributed by atoms with Crippen LogP contribution in [0.1, 0.15) is 43.4 Å². The molecule has 5 nitrogen and oxygen atoms in total. The molecule has 0 radical (unpaired) electrons. The maximum absolute atomic E-state index is 15.4. The van der Waals surface area contributed by atoms with Crippen molar-refractivity contribution in [3.8, 4) is 11.1 Å². The molecule has 0 amide bonds. The molecule has 3 unspecified atom stereocenters. The van der Waals surface area contributed by atoms with Gasteiger partial charge in [0.25, 0.3) is 0 Å². The Morgan fingerprint density at radius 3 is 2.22 bits per heavy atom. The summed E-state index contributed by atoms with van der Waals surface area (Å²) in [7, 11) is -3.28. The fourth-order valence-corrected chi connectivity index (χ4v) is 7.16. The van der Waals surface area contributed by atoms with Crippen LogP contribution >= 0.6 is 11.6 Å². The zero-order valence-corrected chi connectivity index (χ0v) is 21.8. The Kier molecular flexibility index (Phi) is 7.24. The van der Waals surface area contributed by atoms with Gasteiger partial charge in [0.2, 0.25) is 10.0 Å². The Labute approximate surface area is 213 Å². The SMILES string of the molecule is CCc1cc(CN2CC3CCC(C2)N3S(C)(=O)=O)cc(F)c1-c1ccc(C(C)(O)C(F)(F)F)cc1Cl. The van der Waals surface area contributed by atoms with Gasteiger partial charge in [-0.05, 0) is 55.0 Å². The van der Waals surface area contributed by atoms with E-state index < -0.39 is 33.2 Å². The molecule has 0 aliphatic carbocycles. The molecule has 4 rings (SSSR count). The molecule has 2 aliphatic heterocycles. The third kappa shape index (κ3) is 5.03. The van der Waals surface area contributed by atoms with Gasteiger partial charge < -0.3 is 5.11 Å². The number of nitrogens with zero attached hydrogens (tertiary/aromatic N) is 2. The number of benzene rings is 2. The summed E-state index contributed by atoms with van der Waals surface area (Å²) in [4.78, 5) is 2.14. The average Bonchev–Trinajstić information content (AvgIpc) is 3.05. The van der Waals surface area contributed by atoms with Crippen molar-refractivity contribution < 1.29 is 31.1 Å². The molecule has 2 aromatic rings.